The summed E-state index contributed by atoms with van der Waals surface area (Å²) in [6.45, 7) is 5.05. The van der Waals surface area contributed by atoms with Crippen molar-refractivity contribution in [3.8, 4) is 5.75 Å². The molecule has 3 nitrogen and oxygen atoms in total. The lowest BCUT2D eigenvalue weighted by molar-refractivity contribution is -0.0248. The summed E-state index contributed by atoms with van der Waals surface area (Å²) in [5, 5.41) is 11.3. The average molecular weight is 270 g/mol. The van der Waals surface area contributed by atoms with Crippen LogP contribution in [-0.2, 0) is 5.60 Å². The van der Waals surface area contributed by atoms with Gasteiger partial charge in [0, 0.05) is 13.1 Å². The monoisotopic (exact) mass is 269 g/mol. The molecule has 0 aromatic heterocycles. The van der Waals surface area contributed by atoms with Crippen molar-refractivity contribution < 1.29 is 9.84 Å². The van der Waals surface area contributed by atoms with Gasteiger partial charge in [0.05, 0.1) is 17.7 Å². The van der Waals surface area contributed by atoms with Gasteiger partial charge in [0.1, 0.15) is 5.75 Å². The van der Waals surface area contributed by atoms with Crippen LogP contribution in [0.15, 0.2) is 18.2 Å². The summed E-state index contributed by atoms with van der Waals surface area (Å²) in [5.41, 5.74) is 0.156. The maximum atomic E-state index is 10.7. The van der Waals surface area contributed by atoms with Gasteiger partial charge in [-0.15, -0.1) is 0 Å². The molecule has 0 amide bonds. The maximum absolute atomic E-state index is 10.7. The van der Waals surface area contributed by atoms with Gasteiger partial charge in [0.2, 0.25) is 0 Å². The number of likely N-dealkylation sites (tertiary alicyclic amines) is 1. The van der Waals surface area contributed by atoms with Crippen molar-refractivity contribution >= 4 is 11.6 Å². The number of halogens is 1. The summed E-state index contributed by atoms with van der Waals surface area (Å²) in [7, 11) is 1.59. The highest BCUT2D eigenvalue weighted by Gasteiger charge is 2.33. The second kappa shape index (κ2) is 5.47. The van der Waals surface area contributed by atoms with E-state index in [-0.39, 0.29) is 0 Å². The largest absolute Gasteiger partial charge is 0.495 e. The Labute approximate surface area is 113 Å². The predicted molar refractivity (Wildman–Crippen MR) is 73.2 cm³/mol. The fourth-order valence-electron chi connectivity index (χ4n) is 2.48. The van der Waals surface area contributed by atoms with E-state index in [1.165, 1.54) is 0 Å². The minimum Gasteiger partial charge on any atom is -0.495 e. The molecule has 0 unspecified atom stereocenters. The van der Waals surface area contributed by atoms with Gasteiger partial charge >= 0.3 is 0 Å². The zero-order valence-electron chi connectivity index (χ0n) is 10.9. The van der Waals surface area contributed by atoms with E-state index in [0.717, 1.165) is 38.0 Å². The predicted octanol–water partition coefficient (Wildman–Crippen LogP) is 2.65. The van der Waals surface area contributed by atoms with Gasteiger partial charge in [-0.25, -0.2) is 0 Å². The van der Waals surface area contributed by atoms with E-state index < -0.39 is 5.60 Å². The standard InChI is InChI=1S/C14H20ClNO2/c1-3-16-8-6-14(17,7-9-16)11-4-5-12(15)13(10-11)18-2/h4-5,10,17H,3,6-9H2,1-2H3. The minimum absolute atomic E-state index is 0.579. The highest BCUT2D eigenvalue weighted by atomic mass is 35.5. The molecule has 0 atom stereocenters. The Balaban J connectivity index is 2.20. The average Bonchev–Trinajstić information content (AvgIpc) is 2.40. The molecule has 1 heterocycles. The first-order valence-corrected chi connectivity index (χ1v) is 6.75. The summed E-state index contributed by atoms with van der Waals surface area (Å²) in [6, 6.07) is 5.54. The van der Waals surface area contributed by atoms with E-state index >= 15 is 0 Å². The van der Waals surface area contributed by atoms with Crippen molar-refractivity contribution in [1.29, 1.82) is 0 Å². The molecule has 1 aromatic carbocycles. The molecule has 18 heavy (non-hydrogen) atoms. The lowest BCUT2D eigenvalue weighted by Crippen LogP contribution is -2.42. The molecule has 0 spiro atoms. The van der Waals surface area contributed by atoms with Crippen LogP contribution in [0.2, 0.25) is 5.02 Å². The normalized spacial score (nSPS) is 19.8. The van der Waals surface area contributed by atoms with Crippen LogP contribution >= 0.6 is 11.6 Å². The fraction of sp³-hybridized carbons (Fsp3) is 0.571. The second-order valence-electron chi connectivity index (χ2n) is 4.82. The van der Waals surface area contributed by atoms with E-state index in [4.69, 9.17) is 16.3 Å². The van der Waals surface area contributed by atoms with Gasteiger partial charge < -0.3 is 14.7 Å². The molecule has 1 fully saturated rings. The van der Waals surface area contributed by atoms with E-state index in [0.29, 0.717) is 10.8 Å². The Morgan fingerprint density at radius 1 is 1.39 bits per heavy atom. The topological polar surface area (TPSA) is 32.7 Å². The van der Waals surface area contributed by atoms with Crippen LogP contribution in [0.3, 0.4) is 0 Å². The molecule has 0 saturated carbocycles. The molecular formula is C14H20ClNO2. The highest BCUT2D eigenvalue weighted by molar-refractivity contribution is 6.32. The molecule has 0 aliphatic carbocycles. The molecule has 100 valence electrons. The van der Waals surface area contributed by atoms with Crippen LogP contribution in [0.4, 0.5) is 0 Å². The lowest BCUT2D eigenvalue weighted by atomic mass is 9.84. The van der Waals surface area contributed by atoms with Crippen LogP contribution < -0.4 is 4.74 Å². The Morgan fingerprint density at radius 3 is 2.61 bits per heavy atom. The van der Waals surface area contributed by atoms with Crippen LogP contribution in [0.25, 0.3) is 0 Å². The van der Waals surface area contributed by atoms with Crippen molar-refractivity contribution in [3.63, 3.8) is 0 Å². The van der Waals surface area contributed by atoms with E-state index in [9.17, 15) is 5.11 Å². The summed E-state index contributed by atoms with van der Waals surface area (Å²) in [4.78, 5) is 2.35. The molecule has 2 rings (SSSR count). The van der Waals surface area contributed by atoms with Crippen molar-refractivity contribution in [1.82, 2.24) is 4.90 Å². The number of hydrogen-bond acceptors (Lipinski definition) is 3. The molecule has 1 N–H and O–H groups in total. The number of rotatable bonds is 3. The minimum atomic E-state index is -0.746. The number of benzene rings is 1. The van der Waals surface area contributed by atoms with Gasteiger partial charge in [-0.1, -0.05) is 24.6 Å². The quantitative estimate of drug-likeness (QED) is 0.916. The number of hydrogen-bond donors (Lipinski definition) is 1. The number of piperidine rings is 1. The Hall–Kier alpha value is -0.770. The zero-order chi connectivity index (χ0) is 13.2. The van der Waals surface area contributed by atoms with Crippen molar-refractivity contribution in [3.05, 3.63) is 28.8 Å². The third kappa shape index (κ3) is 2.63. The first-order valence-electron chi connectivity index (χ1n) is 6.38. The summed E-state index contributed by atoms with van der Waals surface area (Å²) in [5.74, 6) is 0.625. The summed E-state index contributed by atoms with van der Waals surface area (Å²) >= 11 is 6.01. The Morgan fingerprint density at radius 2 is 2.06 bits per heavy atom. The van der Waals surface area contributed by atoms with Crippen LogP contribution in [0.5, 0.6) is 5.75 Å². The molecule has 1 saturated heterocycles. The summed E-state index contributed by atoms with van der Waals surface area (Å²) in [6.07, 6.45) is 1.51. The van der Waals surface area contributed by atoms with Gasteiger partial charge in [0.15, 0.2) is 0 Å². The first-order chi connectivity index (χ1) is 8.59. The smallest absolute Gasteiger partial charge is 0.137 e. The van der Waals surface area contributed by atoms with Gasteiger partial charge in [-0.05, 0) is 37.1 Å². The van der Waals surface area contributed by atoms with Gasteiger partial charge in [0.25, 0.3) is 0 Å². The Kier molecular flexibility index (Phi) is 4.15. The molecule has 4 heteroatoms. The first kappa shape index (κ1) is 13.7. The lowest BCUT2D eigenvalue weighted by Gasteiger charge is -2.38. The third-order valence-electron chi connectivity index (χ3n) is 3.82. The SMILES string of the molecule is CCN1CCC(O)(c2ccc(Cl)c(OC)c2)CC1. The number of aliphatic hydroxyl groups is 1. The van der Waals surface area contributed by atoms with Gasteiger partial charge in [-0.3, -0.25) is 0 Å². The van der Waals surface area contributed by atoms with Crippen LogP contribution in [0, 0.1) is 0 Å². The fourth-order valence-corrected chi connectivity index (χ4v) is 2.67. The van der Waals surface area contributed by atoms with E-state index in [1.807, 2.05) is 12.1 Å². The second-order valence-corrected chi connectivity index (χ2v) is 5.22. The zero-order valence-corrected chi connectivity index (χ0v) is 11.7. The number of ether oxygens (including phenoxy) is 1. The third-order valence-corrected chi connectivity index (χ3v) is 4.13. The van der Waals surface area contributed by atoms with Crippen molar-refractivity contribution in [2.75, 3.05) is 26.7 Å². The molecule has 0 radical (unpaired) electrons. The number of methoxy groups -OCH3 is 1. The maximum Gasteiger partial charge on any atom is 0.137 e. The Bertz CT molecular complexity index is 414. The molecule has 0 bridgehead atoms. The van der Waals surface area contributed by atoms with Crippen molar-refractivity contribution in [2.45, 2.75) is 25.4 Å². The van der Waals surface area contributed by atoms with Crippen molar-refractivity contribution in [2.24, 2.45) is 0 Å². The van der Waals surface area contributed by atoms with Crippen LogP contribution in [-0.4, -0.2) is 36.8 Å². The molecule has 1 aliphatic heterocycles. The summed E-state index contributed by atoms with van der Waals surface area (Å²) < 4.78 is 5.21. The van der Waals surface area contributed by atoms with E-state index in [2.05, 4.69) is 11.8 Å². The molecule has 1 aromatic rings. The van der Waals surface area contributed by atoms with Gasteiger partial charge in [-0.2, -0.15) is 0 Å². The highest BCUT2D eigenvalue weighted by Crippen LogP contribution is 2.36. The van der Waals surface area contributed by atoms with Crippen LogP contribution in [0.1, 0.15) is 25.3 Å². The number of nitrogens with zero attached hydrogens (tertiary/aromatic N) is 1. The van der Waals surface area contributed by atoms with E-state index in [1.54, 1.807) is 13.2 Å². The molecular weight excluding hydrogens is 250 g/mol. The molecule has 1 aliphatic rings.